The number of likely N-dealkylation sites (tertiary alicyclic amines) is 1. The minimum absolute atomic E-state index is 0.0816. The van der Waals surface area contributed by atoms with Crippen molar-refractivity contribution in [2.75, 3.05) is 19.6 Å². The molecule has 1 N–H and O–H groups in total. The van der Waals surface area contributed by atoms with Gasteiger partial charge >= 0.3 is 0 Å². The van der Waals surface area contributed by atoms with Crippen molar-refractivity contribution in [3.05, 3.63) is 0 Å². The Hall–Kier alpha value is -1.08. The van der Waals surface area contributed by atoms with E-state index in [1.807, 2.05) is 4.90 Å². The van der Waals surface area contributed by atoms with Gasteiger partial charge in [-0.05, 0) is 46.6 Å². The molecule has 0 aromatic heterocycles. The normalized spacial score (nSPS) is 22.7. The fraction of sp³-hybridized carbons (Fsp3) is 0.833. The Balaban J connectivity index is 2.43. The zero-order chi connectivity index (χ0) is 14.7. The second-order valence-corrected chi connectivity index (χ2v) is 4.85. The molecule has 4 heteroatoms. The first-order valence-electron chi connectivity index (χ1n) is 7.09. The van der Waals surface area contributed by atoms with Crippen molar-refractivity contribution in [2.45, 2.75) is 39.1 Å². The maximum absolute atomic E-state index is 11.9. The summed E-state index contributed by atoms with van der Waals surface area (Å²) in [6.45, 7) is 2.38. The Bertz CT molecular complexity index is 365. The highest BCUT2D eigenvalue weighted by atomic mass is 16.2. The van der Waals surface area contributed by atoms with Gasteiger partial charge in [0.15, 0.2) is 0 Å². The van der Waals surface area contributed by atoms with Crippen molar-refractivity contribution in [3.63, 3.8) is 0 Å². The SMILES string of the molecule is [2H]C([2H])([2H])C(C)(C)NC(=O)CN1CCC(C#N)CC1. The van der Waals surface area contributed by atoms with Crippen LogP contribution >= 0.6 is 0 Å². The minimum Gasteiger partial charge on any atom is -0.350 e. The van der Waals surface area contributed by atoms with Crippen LogP contribution < -0.4 is 5.32 Å². The monoisotopic (exact) mass is 226 g/mol. The van der Waals surface area contributed by atoms with E-state index < -0.39 is 12.4 Å². The molecule has 0 bridgehead atoms. The molecule has 0 atom stereocenters. The van der Waals surface area contributed by atoms with Crippen molar-refractivity contribution in [1.29, 1.82) is 5.26 Å². The third-order valence-electron chi connectivity index (χ3n) is 2.59. The van der Waals surface area contributed by atoms with Gasteiger partial charge in [-0.15, -0.1) is 0 Å². The van der Waals surface area contributed by atoms with E-state index in [1.165, 1.54) is 13.8 Å². The van der Waals surface area contributed by atoms with Gasteiger partial charge in [-0.2, -0.15) is 5.26 Å². The lowest BCUT2D eigenvalue weighted by molar-refractivity contribution is -0.123. The van der Waals surface area contributed by atoms with E-state index in [1.54, 1.807) is 0 Å². The summed E-state index contributed by atoms with van der Waals surface area (Å²) in [6, 6.07) is 2.23. The van der Waals surface area contributed by atoms with Crippen LogP contribution in [0.25, 0.3) is 0 Å². The number of amides is 1. The molecule has 0 unspecified atom stereocenters. The number of carbonyl (C=O) groups is 1. The van der Waals surface area contributed by atoms with E-state index in [-0.39, 0.29) is 18.4 Å². The first-order chi connectivity index (χ1) is 8.65. The van der Waals surface area contributed by atoms with Crippen LogP contribution in [0.3, 0.4) is 0 Å². The van der Waals surface area contributed by atoms with Crippen LogP contribution in [0.2, 0.25) is 0 Å². The van der Waals surface area contributed by atoms with Crippen molar-refractivity contribution >= 4 is 5.91 Å². The Labute approximate surface area is 102 Å². The quantitative estimate of drug-likeness (QED) is 0.768. The Morgan fingerprint density at radius 2 is 2.25 bits per heavy atom. The summed E-state index contributed by atoms with van der Waals surface area (Å²) in [6.07, 6.45) is 1.54. The van der Waals surface area contributed by atoms with Crippen LogP contribution in [0.5, 0.6) is 0 Å². The number of piperidine rings is 1. The van der Waals surface area contributed by atoms with Gasteiger partial charge in [0, 0.05) is 15.6 Å². The first kappa shape index (κ1) is 9.00. The van der Waals surface area contributed by atoms with Crippen molar-refractivity contribution in [1.82, 2.24) is 10.2 Å². The topological polar surface area (TPSA) is 56.1 Å². The molecule has 0 aliphatic carbocycles. The van der Waals surface area contributed by atoms with Crippen LogP contribution in [0, 0.1) is 17.2 Å². The standard InChI is InChI=1S/C12H21N3O/c1-12(2,3)14-11(16)9-15-6-4-10(8-13)5-7-15/h10H,4-7,9H2,1-3H3,(H,14,16)/i1D3. The van der Waals surface area contributed by atoms with Crippen LogP contribution in [0.1, 0.15) is 37.7 Å². The molecule has 1 aliphatic heterocycles. The minimum atomic E-state index is -2.23. The summed E-state index contributed by atoms with van der Waals surface area (Å²) in [5.74, 6) is -0.199. The molecule has 1 fully saturated rings. The lowest BCUT2D eigenvalue weighted by Gasteiger charge is -2.29. The van der Waals surface area contributed by atoms with Crippen LogP contribution in [-0.4, -0.2) is 36.0 Å². The molecule has 4 nitrogen and oxygen atoms in total. The molecule has 1 rings (SSSR count). The first-order valence-corrected chi connectivity index (χ1v) is 5.59. The van der Waals surface area contributed by atoms with E-state index in [4.69, 9.17) is 9.37 Å². The molecule has 16 heavy (non-hydrogen) atoms. The highest BCUT2D eigenvalue weighted by Crippen LogP contribution is 2.15. The zero-order valence-corrected chi connectivity index (χ0v) is 9.92. The molecule has 90 valence electrons. The lowest BCUT2D eigenvalue weighted by atomic mass is 9.98. The summed E-state index contributed by atoms with van der Waals surface area (Å²) in [7, 11) is 0. The smallest absolute Gasteiger partial charge is 0.234 e. The van der Waals surface area contributed by atoms with Gasteiger partial charge in [-0.1, -0.05) is 0 Å². The third-order valence-corrected chi connectivity index (χ3v) is 2.59. The molecule has 1 heterocycles. The fourth-order valence-electron chi connectivity index (χ4n) is 1.81. The highest BCUT2D eigenvalue weighted by molar-refractivity contribution is 5.78. The predicted molar refractivity (Wildman–Crippen MR) is 62.7 cm³/mol. The Morgan fingerprint density at radius 1 is 1.62 bits per heavy atom. The van der Waals surface area contributed by atoms with Gasteiger partial charge in [-0.3, -0.25) is 9.69 Å². The van der Waals surface area contributed by atoms with Crippen LogP contribution in [0.15, 0.2) is 0 Å². The van der Waals surface area contributed by atoms with Crippen molar-refractivity contribution in [2.24, 2.45) is 5.92 Å². The van der Waals surface area contributed by atoms with E-state index in [0.29, 0.717) is 13.1 Å². The Kier molecular flexibility index (Phi) is 2.99. The molecular weight excluding hydrogens is 202 g/mol. The molecule has 1 saturated heterocycles. The summed E-state index contributed by atoms with van der Waals surface area (Å²) in [5.41, 5.74) is -1.23. The van der Waals surface area contributed by atoms with Crippen LogP contribution in [-0.2, 0) is 4.79 Å². The lowest BCUT2D eigenvalue weighted by Crippen LogP contribution is -2.47. The average molecular weight is 226 g/mol. The largest absolute Gasteiger partial charge is 0.350 e. The van der Waals surface area contributed by atoms with E-state index in [2.05, 4.69) is 11.4 Å². The van der Waals surface area contributed by atoms with Gasteiger partial charge in [0.05, 0.1) is 12.6 Å². The number of nitrogens with one attached hydrogen (secondary N) is 1. The summed E-state index contributed by atoms with van der Waals surface area (Å²) < 4.78 is 22.1. The van der Waals surface area contributed by atoms with Crippen LogP contribution in [0.4, 0.5) is 0 Å². The summed E-state index contributed by atoms with van der Waals surface area (Å²) in [4.78, 5) is 13.8. The van der Waals surface area contributed by atoms with Crippen molar-refractivity contribution in [3.8, 4) is 6.07 Å². The maximum Gasteiger partial charge on any atom is 0.234 e. The predicted octanol–water partition coefficient (Wildman–Crippen LogP) is 1.14. The molecular formula is C12H21N3O. The van der Waals surface area contributed by atoms with Gasteiger partial charge in [0.25, 0.3) is 0 Å². The summed E-state index contributed by atoms with van der Waals surface area (Å²) in [5, 5.41) is 11.4. The second-order valence-electron chi connectivity index (χ2n) is 4.85. The molecule has 1 amide bonds. The molecule has 0 saturated carbocycles. The number of carbonyl (C=O) groups excluding carboxylic acids is 1. The number of hydrogen-bond donors (Lipinski definition) is 1. The number of nitriles is 1. The molecule has 0 aromatic carbocycles. The van der Waals surface area contributed by atoms with Crippen molar-refractivity contribution < 1.29 is 8.91 Å². The molecule has 0 aromatic rings. The van der Waals surface area contributed by atoms with Gasteiger partial charge < -0.3 is 5.32 Å². The van der Waals surface area contributed by atoms with Gasteiger partial charge in [-0.25, -0.2) is 0 Å². The Morgan fingerprint density at radius 3 is 2.75 bits per heavy atom. The maximum atomic E-state index is 11.9. The highest BCUT2D eigenvalue weighted by Gasteiger charge is 2.21. The number of hydrogen-bond acceptors (Lipinski definition) is 3. The molecule has 1 aliphatic rings. The zero-order valence-electron chi connectivity index (χ0n) is 12.9. The van der Waals surface area contributed by atoms with Gasteiger partial charge in [0.2, 0.25) is 5.91 Å². The number of rotatable bonds is 2. The number of nitrogens with zero attached hydrogens (tertiary/aromatic N) is 2. The fourth-order valence-corrected chi connectivity index (χ4v) is 1.81. The molecule has 0 spiro atoms. The second kappa shape index (κ2) is 5.31. The van der Waals surface area contributed by atoms with E-state index in [0.717, 1.165) is 12.8 Å². The van der Waals surface area contributed by atoms with Gasteiger partial charge in [0.1, 0.15) is 0 Å². The third kappa shape index (κ3) is 4.63. The molecule has 0 radical (unpaired) electrons. The van der Waals surface area contributed by atoms with E-state index in [9.17, 15) is 4.79 Å². The summed E-state index contributed by atoms with van der Waals surface area (Å²) >= 11 is 0. The average Bonchev–Trinajstić information content (AvgIpc) is 2.27. The van der Waals surface area contributed by atoms with E-state index >= 15 is 0 Å².